The lowest BCUT2D eigenvalue weighted by atomic mass is 9.88. The number of ether oxygens (including phenoxy) is 1. The number of amides is 1. The molecule has 0 unspecified atom stereocenters. The lowest BCUT2D eigenvalue weighted by molar-refractivity contribution is -0.141. The number of aliphatic hydroxyl groups is 2. The van der Waals surface area contributed by atoms with Gasteiger partial charge in [-0.3, -0.25) is 4.79 Å². The van der Waals surface area contributed by atoms with E-state index in [0.29, 0.717) is 63.3 Å². The van der Waals surface area contributed by atoms with E-state index in [2.05, 4.69) is 15.3 Å². The number of likely N-dealkylation sites (N-methyl/N-ethyl adjacent to an activating group) is 2. The second-order valence-electron chi connectivity index (χ2n) is 12.6. The smallest absolute Gasteiger partial charge is 0.433 e. The van der Waals surface area contributed by atoms with Crippen LogP contribution in [-0.2, 0) is 23.7 Å². The van der Waals surface area contributed by atoms with Gasteiger partial charge in [0.15, 0.2) is 11.6 Å². The van der Waals surface area contributed by atoms with Gasteiger partial charge in [-0.2, -0.15) is 30.7 Å². The Hall–Kier alpha value is -4.39. The lowest BCUT2D eigenvalue weighted by Gasteiger charge is -2.49. The summed E-state index contributed by atoms with van der Waals surface area (Å²) in [6, 6.07) is 5.09. The van der Waals surface area contributed by atoms with E-state index >= 15 is 8.78 Å². The number of anilines is 1. The number of hydrogen-bond donors (Lipinski definition) is 3. The van der Waals surface area contributed by atoms with Gasteiger partial charge in [0.1, 0.15) is 24.4 Å². The Morgan fingerprint density at radius 1 is 1.00 bits per heavy atom. The van der Waals surface area contributed by atoms with Crippen molar-refractivity contribution in [1.29, 1.82) is 0 Å². The number of hydrogen-bond acceptors (Lipinski definition) is 9. The van der Waals surface area contributed by atoms with Crippen molar-refractivity contribution in [2.24, 2.45) is 0 Å². The quantitative estimate of drug-likeness (QED) is 0.198. The summed E-state index contributed by atoms with van der Waals surface area (Å²) in [4.78, 5) is 22.5. The molecule has 10 nitrogen and oxygen atoms in total. The Kier molecular flexibility index (Phi) is 11.4. The minimum atomic E-state index is -4.94. The van der Waals surface area contributed by atoms with Crippen LogP contribution in [0, 0.1) is 11.6 Å². The average molecular weight is 745 g/mol. The minimum Gasteiger partial charge on any atom is -0.510 e. The molecule has 282 valence electrons. The molecule has 0 saturated heterocycles. The molecular weight excluding hydrogens is 708 g/mol. The van der Waals surface area contributed by atoms with E-state index in [9.17, 15) is 36.2 Å². The fourth-order valence-electron chi connectivity index (χ4n) is 6.42. The normalized spacial score (nSPS) is 17.0. The van der Waals surface area contributed by atoms with Crippen LogP contribution >= 0.6 is 0 Å². The third-order valence-electron chi connectivity index (χ3n) is 9.34. The van der Waals surface area contributed by atoms with Gasteiger partial charge in [0, 0.05) is 44.4 Å². The molecule has 2 heterocycles. The first kappa shape index (κ1) is 38.8. The van der Waals surface area contributed by atoms with Gasteiger partial charge in [-0.15, -0.1) is 0 Å². The Morgan fingerprint density at radius 3 is 2.37 bits per heavy atom. The predicted molar refractivity (Wildman–Crippen MR) is 172 cm³/mol. The summed E-state index contributed by atoms with van der Waals surface area (Å²) in [5, 5.41) is 26.2. The molecule has 1 aliphatic heterocycles. The maximum Gasteiger partial charge on any atom is 0.433 e. The molecule has 1 spiro atoms. The molecule has 1 fully saturated rings. The summed E-state index contributed by atoms with van der Waals surface area (Å²) in [7, 11) is 3.35. The number of aliphatic hydroxyl groups excluding tert-OH is 2. The van der Waals surface area contributed by atoms with E-state index in [1.807, 2.05) is 0 Å². The molecule has 1 aromatic heterocycles. The Balaban J connectivity index is 1.45. The monoisotopic (exact) mass is 744 g/mol. The number of nitrogens with one attached hydrogen (secondary N) is 1. The minimum absolute atomic E-state index is 0.0213. The zero-order valence-corrected chi connectivity index (χ0v) is 28.1. The SMILES string of the molecule is CN(CCO)CCOc1ccc(CN2CC(C(=O)Nc3ccc(C(F)(F)F)cc3-c3cc(C(F)(F)F)ncn3)=C(O)C3(CCCC3)N2C)c(F)c1F. The Labute approximate surface area is 293 Å². The number of aromatic nitrogens is 2. The van der Waals surface area contributed by atoms with Crippen molar-refractivity contribution in [3.63, 3.8) is 0 Å². The largest absolute Gasteiger partial charge is 0.510 e. The molecule has 5 rings (SSSR count). The topological polar surface area (TPSA) is 114 Å². The van der Waals surface area contributed by atoms with Gasteiger partial charge in [-0.05, 0) is 50.2 Å². The molecular formula is C34H36F8N6O4. The van der Waals surface area contributed by atoms with Crippen LogP contribution in [0.3, 0.4) is 0 Å². The zero-order chi connectivity index (χ0) is 38.0. The summed E-state index contributed by atoms with van der Waals surface area (Å²) < 4.78 is 117. The molecule has 3 aromatic rings. The first-order chi connectivity index (χ1) is 24.5. The van der Waals surface area contributed by atoms with Crippen LogP contribution in [0.15, 0.2) is 54.1 Å². The van der Waals surface area contributed by atoms with Gasteiger partial charge in [0.25, 0.3) is 5.91 Å². The van der Waals surface area contributed by atoms with E-state index in [0.717, 1.165) is 6.07 Å². The number of benzene rings is 2. The average Bonchev–Trinajstić information content (AvgIpc) is 3.58. The van der Waals surface area contributed by atoms with Gasteiger partial charge in [0.2, 0.25) is 5.82 Å². The molecule has 3 N–H and O–H groups in total. The van der Waals surface area contributed by atoms with Crippen LogP contribution in [0.5, 0.6) is 5.75 Å². The third kappa shape index (κ3) is 8.14. The molecule has 1 aliphatic carbocycles. The Morgan fingerprint density at radius 2 is 1.71 bits per heavy atom. The van der Waals surface area contributed by atoms with Crippen LogP contribution < -0.4 is 10.1 Å². The number of halogens is 8. The number of carbonyl (C=O) groups excluding carboxylic acids is 1. The van der Waals surface area contributed by atoms with Crippen molar-refractivity contribution >= 4 is 11.6 Å². The molecule has 1 amide bonds. The lowest BCUT2D eigenvalue weighted by Crippen LogP contribution is -2.59. The third-order valence-corrected chi connectivity index (χ3v) is 9.34. The maximum atomic E-state index is 15.4. The summed E-state index contributed by atoms with van der Waals surface area (Å²) in [5.74, 6) is -4.05. The Bertz CT molecular complexity index is 1810. The highest BCUT2D eigenvalue weighted by atomic mass is 19.4. The highest BCUT2D eigenvalue weighted by molar-refractivity contribution is 6.06. The predicted octanol–water partition coefficient (Wildman–Crippen LogP) is 6.19. The molecule has 1 saturated carbocycles. The number of alkyl halides is 6. The van der Waals surface area contributed by atoms with E-state index in [-0.39, 0.29) is 54.6 Å². The number of rotatable bonds is 11. The van der Waals surface area contributed by atoms with Crippen LogP contribution in [-0.4, -0.2) is 93.5 Å². The number of carbonyl (C=O) groups is 1. The first-order valence-corrected chi connectivity index (χ1v) is 16.2. The second-order valence-corrected chi connectivity index (χ2v) is 12.6. The maximum absolute atomic E-state index is 15.4. The van der Waals surface area contributed by atoms with Gasteiger partial charge in [-0.25, -0.2) is 24.4 Å². The molecule has 0 bridgehead atoms. The van der Waals surface area contributed by atoms with E-state index in [4.69, 9.17) is 9.84 Å². The highest BCUT2D eigenvalue weighted by Gasteiger charge is 2.49. The first-order valence-electron chi connectivity index (χ1n) is 16.2. The summed E-state index contributed by atoms with van der Waals surface area (Å²) in [6.45, 7) is 0.0253. The van der Waals surface area contributed by atoms with Crippen LogP contribution in [0.1, 0.15) is 42.5 Å². The summed E-state index contributed by atoms with van der Waals surface area (Å²) in [5.41, 5.74) is -5.46. The van der Waals surface area contributed by atoms with Crippen molar-refractivity contribution in [3.05, 3.63) is 82.5 Å². The van der Waals surface area contributed by atoms with Crippen molar-refractivity contribution in [3.8, 4) is 17.0 Å². The zero-order valence-electron chi connectivity index (χ0n) is 28.1. The van der Waals surface area contributed by atoms with E-state index < -0.39 is 57.9 Å². The fraction of sp³-hybridized carbons (Fsp3) is 0.441. The van der Waals surface area contributed by atoms with Gasteiger partial charge in [0.05, 0.1) is 34.7 Å². The van der Waals surface area contributed by atoms with Gasteiger partial charge < -0.3 is 25.2 Å². The van der Waals surface area contributed by atoms with Gasteiger partial charge in [-0.1, -0.05) is 18.9 Å². The van der Waals surface area contributed by atoms with Crippen molar-refractivity contribution < 1.29 is 54.9 Å². The molecule has 0 radical (unpaired) electrons. The van der Waals surface area contributed by atoms with E-state index in [1.165, 1.54) is 17.1 Å². The number of nitrogens with zero attached hydrogens (tertiary/aromatic N) is 5. The van der Waals surface area contributed by atoms with Crippen LogP contribution in [0.4, 0.5) is 40.8 Å². The molecule has 18 heteroatoms. The number of hydrazine groups is 1. The van der Waals surface area contributed by atoms with Crippen molar-refractivity contribution in [2.45, 2.75) is 50.1 Å². The molecule has 2 aliphatic rings. The fourth-order valence-corrected chi connectivity index (χ4v) is 6.42. The summed E-state index contributed by atoms with van der Waals surface area (Å²) >= 11 is 0. The second kappa shape index (κ2) is 15.3. The van der Waals surface area contributed by atoms with Crippen LogP contribution in [0.25, 0.3) is 11.3 Å². The molecule has 2 aromatic carbocycles. The molecule has 0 atom stereocenters. The van der Waals surface area contributed by atoms with Crippen LogP contribution in [0.2, 0.25) is 0 Å². The molecule has 52 heavy (non-hydrogen) atoms. The van der Waals surface area contributed by atoms with Crippen molar-refractivity contribution in [2.75, 3.05) is 52.3 Å². The standard InChI is InChI=1S/C34H36F8N6O4/c1-46(11-13-49)12-14-52-26-8-5-20(28(35)29(26)36)17-48-18-23(30(50)32(47(48)2)9-3-4-10-32)31(51)45-24-7-6-21(33(37,38)39)15-22(24)25-16-27(34(40,41)42)44-19-43-25/h5-8,15-16,19,49-50H,3-4,9-14,17-18H2,1-2H3,(H,45,51). The summed E-state index contributed by atoms with van der Waals surface area (Å²) in [6.07, 6.45) is -7.24. The van der Waals surface area contributed by atoms with Crippen molar-refractivity contribution in [1.82, 2.24) is 24.9 Å². The van der Waals surface area contributed by atoms with E-state index in [1.54, 1.807) is 24.0 Å². The van der Waals surface area contributed by atoms with Gasteiger partial charge >= 0.3 is 12.4 Å². The highest BCUT2D eigenvalue weighted by Crippen LogP contribution is 2.45.